The van der Waals surface area contributed by atoms with Crippen molar-refractivity contribution in [3.05, 3.63) is 56.5 Å². The summed E-state index contributed by atoms with van der Waals surface area (Å²) in [5.41, 5.74) is 2.66. The molecule has 1 aromatic heterocycles. The molecule has 1 saturated heterocycles. The molecule has 2 aliphatic heterocycles. The highest BCUT2D eigenvalue weighted by Gasteiger charge is 2.31. The van der Waals surface area contributed by atoms with Gasteiger partial charge in [-0.05, 0) is 30.5 Å². The average molecular weight is 361 g/mol. The fourth-order valence-electron chi connectivity index (χ4n) is 3.76. The van der Waals surface area contributed by atoms with Crippen LogP contribution in [0.25, 0.3) is 0 Å². The normalized spacial score (nSPS) is 19.8. The van der Waals surface area contributed by atoms with Crippen molar-refractivity contribution in [2.24, 2.45) is 0 Å². The monoisotopic (exact) mass is 360 g/mol. The minimum atomic E-state index is -0.114. The van der Waals surface area contributed by atoms with E-state index in [1.165, 1.54) is 17.4 Å². The number of hydrogen-bond acceptors (Lipinski definition) is 5. The Kier molecular flexibility index (Phi) is 4.39. The molecule has 0 aliphatic carbocycles. The molecule has 0 spiro atoms. The first-order chi connectivity index (χ1) is 12.2. The van der Waals surface area contributed by atoms with Gasteiger partial charge in [0.1, 0.15) is 7.11 Å². The molecular weight excluding hydrogens is 340 g/mol. The summed E-state index contributed by atoms with van der Waals surface area (Å²) in [6.07, 6.45) is 2.83. The largest absolute Gasteiger partial charge is 0.411 e. The number of anilines is 1. The second kappa shape index (κ2) is 6.69. The molecule has 132 valence electrons. The van der Waals surface area contributed by atoms with E-state index in [2.05, 4.69) is 10.2 Å². The predicted molar refractivity (Wildman–Crippen MR) is 97.2 cm³/mol. The summed E-state index contributed by atoms with van der Waals surface area (Å²) in [7, 11) is 1.52. The Balaban J connectivity index is 1.78. The van der Waals surface area contributed by atoms with Gasteiger partial charge < -0.3 is 15.1 Å². The highest BCUT2D eigenvalue weighted by molar-refractivity contribution is 6.30. The SMILES string of the molecule is COn1c(N2CCCC2c2ccc(Cl)cc2)nc2c(c1=O)CNCC2. The van der Waals surface area contributed by atoms with E-state index in [9.17, 15) is 4.79 Å². The molecular formula is C18H21ClN4O2. The van der Waals surface area contributed by atoms with Gasteiger partial charge in [0.2, 0.25) is 5.95 Å². The molecule has 25 heavy (non-hydrogen) atoms. The quantitative estimate of drug-likeness (QED) is 0.906. The second-order valence-corrected chi connectivity index (χ2v) is 6.89. The maximum Gasteiger partial charge on any atom is 0.292 e. The van der Waals surface area contributed by atoms with Crippen LogP contribution in [0.1, 0.15) is 35.7 Å². The van der Waals surface area contributed by atoms with Gasteiger partial charge in [-0.15, -0.1) is 4.73 Å². The van der Waals surface area contributed by atoms with Crippen LogP contribution in [0.2, 0.25) is 5.02 Å². The van der Waals surface area contributed by atoms with Gasteiger partial charge in [-0.3, -0.25) is 4.79 Å². The molecule has 2 aromatic rings. The number of fused-ring (bicyclic) bond motifs is 1. The maximum absolute atomic E-state index is 12.8. The zero-order chi connectivity index (χ0) is 17.4. The zero-order valence-electron chi connectivity index (χ0n) is 14.2. The average Bonchev–Trinajstić information content (AvgIpc) is 3.12. The molecule has 6 nitrogen and oxygen atoms in total. The lowest BCUT2D eigenvalue weighted by molar-refractivity contribution is 0.154. The van der Waals surface area contributed by atoms with Crippen molar-refractivity contribution in [2.75, 3.05) is 25.1 Å². The number of benzene rings is 1. The summed E-state index contributed by atoms with van der Waals surface area (Å²) < 4.78 is 1.33. The Morgan fingerprint density at radius 1 is 1.32 bits per heavy atom. The number of hydrogen-bond donors (Lipinski definition) is 1. The van der Waals surface area contributed by atoms with E-state index in [0.717, 1.165) is 43.1 Å². The van der Waals surface area contributed by atoms with E-state index < -0.39 is 0 Å². The molecule has 1 unspecified atom stereocenters. The third kappa shape index (κ3) is 2.89. The fraction of sp³-hybridized carbons (Fsp3) is 0.444. The van der Waals surface area contributed by atoms with E-state index >= 15 is 0 Å². The van der Waals surface area contributed by atoms with Crippen molar-refractivity contribution in [1.29, 1.82) is 0 Å². The fourth-order valence-corrected chi connectivity index (χ4v) is 3.88. The summed E-state index contributed by atoms with van der Waals surface area (Å²) >= 11 is 6.02. The minimum Gasteiger partial charge on any atom is -0.411 e. The van der Waals surface area contributed by atoms with Gasteiger partial charge in [-0.25, -0.2) is 4.98 Å². The highest BCUT2D eigenvalue weighted by atomic mass is 35.5. The molecule has 1 N–H and O–H groups in total. The van der Waals surface area contributed by atoms with Crippen molar-refractivity contribution < 1.29 is 4.84 Å². The number of rotatable bonds is 3. The van der Waals surface area contributed by atoms with Crippen LogP contribution in [0, 0.1) is 0 Å². The van der Waals surface area contributed by atoms with Crippen LogP contribution in [0.4, 0.5) is 5.95 Å². The van der Waals surface area contributed by atoms with Crippen molar-refractivity contribution in [1.82, 2.24) is 15.0 Å². The first-order valence-corrected chi connectivity index (χ1v) is 8.99. The second-order valence-electron chi connectivity index (χ2n) is 6.45. The number of aromatic nitrogens is 2. The van der Waals surface area contributed by atoms with Crippen molar-refractivity contribution >= 4 is 17.5 Å². The lowest BCUT2D eigenvalue weighted by atomic mass is 10.0. The Bertz CT molecular complexity index is 834. The molecule has 1 aromatic carbocycles. The van der Waals surface area contributed by atoms with E-state index in [1.807, 2.05) is 24.3 Å². The molecule has 0 saturated carbocycles. The molecule has 1 fully saturated rings. The molecule has 0 radical (unpaired) electrons. The molecule has 0 bridgehead atoms. The van der Waals surface area contributed by atoms with Gasteiger partial charge in [-0.2, -0.15) is 0 Å². The molecule has 4 rings (SSSR count). The first kappa shape index (κ1) is 16.4. The Hall–Kier alpha value is -2.05. The van der Waals surface area contributed by atoms with Gasteiger partial charge >= 0.3 is 0 Å². The molecule has 7 heteroatoms. The van der Waals surface area contributed by atoms with Gasteiger partial charge in [-0.1, -0.05) is 23.7 Å². The Morgan fingerprint density at radius 3 is 2.88 bits per heavy atom. The highest BCUT2D eigenvalue weighted by Crippen LogP contribution is 2.35. The van der Waals surface area contributed by atoms with E-state index in [1.54, 1.807) is 0 Å². The topological polar surface area (TPSA) is 59.4 Å². The smallest absolute Gasteiger partial charge is 0.292 e. The minimum absolute atomic E-state index is 0.114. The van der Waals surface area contributed by atoms with Crippen LogP contribution in [0.5, 0.6) is 0 Å². The van der Waals surface area contributed by atoms with Crippen LogP contribution in [-0.2, 0) is 13.0 Å². The standard InChI is InChI=1S/C18H21ClN4O2/c1-25-23-17(24)14-11-20-9-8-15(14)21-18(23)22-10-2-3-16(22)12-4-6-13(19)7-5-12/h4-7,16,20H,2-3,8-11H2,1H3. The third-order valence-electron chi connectivity index (χ3n) is 4.99. The van der Waals surface area contributed by atoms with Gasteiger partial charge in [0.15, 0.2) is 0 Å². The molecule has 2 aliphatic rings. The van der Waals surface area contributed by atoms with Crippen molar-refractivity contribution in [2.45, 2.75) is 31.8 Å². The van der Waals surface area contributed by atoms with E-state index in [-0.39, 0.29) is 11.6 Å². The maximum atomic E-state index is 12.8. The number of halogens is 1. The lowest BCUT2D eigenvalue weighted by Gasteiger charge is -2.29. The number of nitrogens with one attached hydrogen (secondary N) is 1. The summed E-state index contributed by atoms with van der Waals surface area (Å²) in [4.78, 5) is 25.2. The summed E-state index contributed by atoms with van der Waals surface area (Å²) in [5, 5.41) is 3.95. The summed E-state index contributed by atoms with van der Waals surface area (Å²) in [6, 6.07) is 8.07. The van der Waals surface area contributed by atoms with E-state index in [0.29, 0.717) is 18.1 Å². The van der Waals surface area contributed by atoms with Crippen LogP contribution >= 0.6 is 11.6 Å². The van der Waals surface area contributed by atoms with E-state index in [4.69, 9.17) is 21.4 Å². The molecule has 3 heterocycles. The Labute approximate surface area is 151 Å². The summed E-state index contributed by atoms with van der Waals surface area (Å²) in [6.45, 7) is 2.24. The summed E-state index contributed by atoms with van der Waals surface area (Å²) in [5.74, 6) is 0.602. The Morgan fingerprint density at radius 2 is 2.12 bits per heavy atom. The third-order valence-corrected chi connectivity index (χ3v) is 5.25. The van der Waals surface area contributed by atoms with Crippen LogP contribution < -0.4 is 20.6 Å². The first-order valence-electron chi connectivity index (χ1n) is 8.61. The molecule has 1 atom stereocenters. The van der Waals surface area contributed by atoms with Gasteiger partial charge in [0.25, 0.3) is 5.56 Å². The predicted octanol–water partition coefficient (Wildman–Crippen LogP) is 1.94. The van der Waals surface area contributed by atoms with Crippen molar-refractivity contribution in [3.8, 4) is 0 Å². The van der Waals surface area contributed by atoms with Crippen LogP contribution in [0.15, 0.2) is 29.1 Å². The zero-order valence-corrected chi connectivity index (χ0v) is 14.9. The van der Waals surface area contributed by atoms with Crippen LogP contribution in [-0.4, -0.2) is 29.9 Å². The van der Waals surface area contributed by atoms with Gasteiger partial charge in [0.05, 0.1) is 17.3 Å². The molecule has 0 amide bonds. The lowest BCUT2D eigenvalue weighted by Crippen LogP contribution is -2.41. The van der Waals surface area contributed by atoms with Crippen molar-refractivity contribution in [3.63, 3.8) is 0 Å². The number of nitrogens with zero attached hydrogens (tertiary/aromatic N) is 3. The van der Waals surface area contributed by atoms with Gasteiger partial charge in [0, 0.05) is 31.1 Å². The van der Waals surface area contributed by atoms with Crippen LogP contribution in [0.3, 0.4) is 0 Å².